The molecule has 7 aromatic rings. The van der Waals surface area contributed by atoms with Crippen LogP contribution in [-0.2, 0) is 37.9 Å². The molecule has 8 amide bonds. The Balaban J connectivity index is 0.000000150. The van der Waals surface area contributed by atoms with Crippen LogP contribution in [-0.4, -0.2) is 251 Å². The Kier molecular flexibility index (Phi) is 31.1. The fourth-order valence-corrected chi connectivity index (χ4v) is 21.8. The summed E-state index contributed by atoms with van der Waals surface area (Å²) in [6.07, 6.45) is 11.3. The molecule has 0 N–H and O–H groups in total. The monoisotopic (exact) mass is 1760 g/mol. The number of methoxy groups -OCH3 is 4. The van der Waals surface area contributed by atoms with E-state index in [4.69, 9.17) is 33.2 Å². The molecule has 4 aromatic heterocycles. The number of nitrogens with zero attached hydrogens (tertiary/aromatic N) is 12. The number of hydroxylamine groups is 4. The zero-order valence-electron chi connectivity index (χ0n) is 67.2. The molecule has 0 spiro atoms. The van der Waals surface area contributed by atoms with Gasteiger partial charge in [-0.3, -0.25) is 21.5 Å². The third kappa shape index (κ3) is 19.1. The van der Waals surface area contributed by atoms with Crippen molar-refractivity contribution in [3.8, 4) is 0 Å². The molecule has 36 heteroatoms. The number of benzene rings is 3. The second-order valence-electron chi connectivity index (χ2n) is 27.9. The van der Waals surface area contributed by atoms with Crippen LogP contribution in [0, 0.1) is 7.05 Å². The van der Waals surface area contributed by atoms with E-state index >= 15 is 0 Å². The van der Waals surface area contributed by atoms with E-state index in [1.54, 1.807) is 48.9 Å². The first-order valence-electron chi connectivity index (χ1n) is 36.9. The number of halogens is 1. The molecule has 610 valence electrons. The zero-order valence-corrected chi connectivity index (χ0v) is 74.9. The Morgan fingerprint density at radius 1 is 0.556 bits per heavy atom. The van der Waals surface area contributed by atoms with Crippen molar-refractivity contribution in [2.75, 3.05) is 101 Å². The van der Waals surface area contributed by atoms with E-state index in [9.17, 15) is 38.4 Å². The molecular formula is C81H91BBrN12NaO16PS4+. The summed E-state index contributed by atoms with van der Waals surface area (Å²) in [4.78, 5) is 134. The number of amides is 8. The Morgan fingerprint density at radius 2 is 0.923 bits per heavy atom. The molecule has 0 aliphatic carbocycles. The number of ether oxygens (including phenoxy) is 4. The number of aromatic nitrogens is 4. The van der Waals surface area contributed by atoms with Gasteiger partial charge in [0.15, 0.2) is 22.8 Å². The van der Waals surface area contributed by atoms with Crippen molar-refractivity contribution in [1.29, 1.82) is 0 Å². The number of hydrogen-bond acceptors (Lipinski definition) is 24. The van der Waals surface area contributed by atoms with E-state index < -0.39 is 49.5 Å². The molecule has 8 bridgehead atoms. The number of fused-ring (bicyclic) bond motifs is 8. The molecule has 5 saturated heterocycles. The van der Waals surface area contributed by atoms with E-state index in [-0.39, 0.29) is 90.1 Å². The normalized spacial score (nSPS) is 19.6. The number of urea groups is 4. The number of rotatable bonds is 19. The van der Waals surface area contributed by atoms with Crippen LogP contribution in [0.1, 0.15) is 105 Å². The van der Waals surface area contributed by atoms with Crippen molar-refractivity contribution < 1.29 is 106 Å². The molecule has 13 heterocycles. The summed E-state index contributed by atoms with van der Waals surface area (Å²) < 4.78 is 31.8. The first-order chi connectivity index (χ1) is 55.8. The van der Waals surface area contributed by atoms with Gasteiger partial charge in [-0.1, -0.05) is 96.6 Å². The second kappa shape index (κ2) is 40.3. The Labute approximate surface area is 727 Å². The summed E-state index contributed by atoms with van der Waals surface area (Å²) >= 11 is 8.66. The average Bonchev–Trinajstić information content (AvgIpc) is 1.41. The minimum absolute atomic E-state index is 0. The average molecular weight is 1760 g/mol. The summed E-state index contributed by atoms with van der Waals surface area (Å²) in [6.45, 7) is 27.3. The molecule has 3 aromatic carbocycles. The molecule has 117 heavy (non-hydrogen) atoms. The minimum atomic E-state index is -1.73. The first kappa shape index (κ1) is 90.5. The zero-order chi connectivity index (χ0) is 83.3. The molecule has 0 saturated carbocycles. The van der Waals surface area contributed by atoms with Gasteiger partial charge in [0.05, 0.1) is 114 Å². The van der Waals surface area contributed by atoms with E-state index in [1.165, 1.54) is 105 Å². The molecule has 4 atom stereocenters. The van der Waals surface area contributed by atoms with Crippen LogP contribution < -0.4 is 45.5 Å². The number of carbonyl (C=O) groups is 8. The number of carbonyl (C=O) groups excluding carboxylic acids is 8. The van der Waals surface area contributed by atoms with E-state index in [2.05, 4.69) is 171 Å². The maximum absolute atomic E-state index is 12.4. The van der Waals surface area contributed by atoms with Gasteiger partial charge >= 0.3 is 78.6 Å². The number of hydrogen-bond donors (Lipinski definition) is 0. The van der Waals surface area contributed by atoms with Gasteiger partial charge in [0.1, 0.15) is 33.0 Å². The van der Waals surface area contributed by atoms with Crippen LogP contribution in [0.2, 0.25) is 0 Å². The van der Waals surface area contributed by atoms with Gasteiger partial charge in [-0.05, 0) is 123 Å². The van der Waals surface area contributed by atoms with Crippen LogP contribution in [0.3, 0.4) is 0 Å². The number of allylic oxidation sites excluding steroid dienone is 1. The van der Waals surface area contributed by atoms with Crippen molar-refractivity contribution in [3.05, 3.63) is 228 Å². The quantitative estimate of drug-likeness (QED) is 0.0182. The van der Waals surface area contributed by atoms with Gasteiger partial charge in [0.25, 0.3) is 6.03 Å². The largest absolute Gasteiger partial charge is 1.00 e. The molecule has 5 fully saturated rings. The van der Waals surface area contributed by atoms with E-state index in [1.807, 2.05) is 69.6 Å². The summed E-state index contributed by atoms with van der Waals surface area (Å²) in [7, 11) is 6.92. The van der Waals surface area contributed by atoms with Crippen molar-refractivity contribution >= 4 is 156 Å². The smallest absolute Gasteiger partial charge is 0.470 e. The second-order valence-corrected chi connectivity index (χ2v) is 35.9. The topological polar surface area (TPSA) is 288 Å². The summed E-state index contributed by atoms with van der Waals surface area (Å²) in [5.74, 6) is 0.625. The van der Waals surface area contributed by atoms with Gasteiger partial charge < -0.3 is 57.7 Å². The summed E-state index contributed by atoms with van der Waals surface area (Å²) in [5, 5.41) is 6.97. The van der Waals surface area contributed by atoms with Crippen molar-refractivity contribution in [2.24, 2.45) is 0 Å². The summed E-state index contributed by atoms with van der Waals surface area (Å²) in [5.41, 5.74) is 11.8. The van der Waals surface area contributed by atoms with Crippen LogP contribution >= 0.6 is 68.5 Å². The van der Waals surface area contributed by atoms with E-state index in [0.29, 0.717) is 86.4 Å². The molecule has 9 aliphatic heterocycles. The Bertz CT molecular complexity index is 4840. The van der Waals surface area contributed by atoms with Crippen LogP contribution in [0.15, 0.2) is 183 Å². The maximum Gasteiger partial charge on any atom is 1.00 e. The van der Waals surface area contributed by atoms with Gasteiger partial charge in [-0.25, -0.2) is 53.5 Å². The van der Waals surface area contributed by atoms with E-state index in [0.717, 1.165) is 42.4 Å². The predicted molar refractivity (Wildman–Crippen MR) is 453 cm³/mol. The Hall–Kier alpha value is -8.87. The molecule has 0 radical (unpaired) electrons. The fourth-order valence-electron chi connectivity index (χ4n) is 14.4. The standard InChI is InChI=1S/C21H20P.C16H25BN2O4.C14H15N3O4S.C13H15N3O3S.C12H12N3O3S.C5H4BrNO2S.Na/c1-2-18-22(19-12-6-3-7-13-19,20-14-8-4-9-15-20)21-16-10-5-11-17-21;1-7-8-21-19-12-10-18(14(19)20)9-11(2)13(12)17-22-15(3,4)16(5,6)23-17;1-3-6-21-17-10-7-16(14(17)19)5-4-9(10)12-11(13(18)20-2)15-8-22-12;1-3-16-9-6-15(13(16)18)5-4-8(9)11-10(12(17)19-2)14-7-20-11;1-14-8-5-15(12(14)17)4-3-7(8)10-9(11(16)18-2)13-6-19-10;1-9-5(8)3-4(6)10-2-7-3;/h2-18H,1H3;7,12H,1,8-10H2,2-6H3;3-4,8,10H,1,5-7H2,2H3;4,7,9H,3,5-6H2,1-2H3;3,6,8H,1,4-5H2,2H3;2H,1H3;/q+1;;;;-1;;+1/b18-2+;;;;;;. The van der Waals surface area contributed by atoms with Gasteiger partial charge in [-0.15, -0.1) is 58.5 Å². The van der Waals surface area contributed by atoms with Crippen molar-refractivity contribution in [1.82, 2.24) is 59.5 Å². The maximum atomic E-state index is 12.4. The first-order valence-corrected chi connectivity index (χ1v) is 43.1. The molecular weight excluding hydrogens is 1670 g/mol. The predicted octanol–water partition coefficient (Wildman–Crippen LogP) is 9.61. The molecule has 16 rings (SSSR count). The molecule has 28 nitrogen and oxygen atoms in total. The summed E-state index contributed by atoms with van der Waals surface area (Å²) in [6, 6.07) is 31.8. The van der Waals surface area contributed by atoms with Gasteiger partial charge in [0, 0.05) is 58.4 Å². The molecule has 4 unspecified atom stereocenters. The SMILES string of the molecule is C/C=C/[P+](c1ccccc1)(c1ccccc1)c1ccccc1.C=CCON1C(=O)N2CC(C)=C(B3OC(C)(C)C(C)(C)O3)C1C2.C=CCON1C(=O)N2CC=C(c3scnc3C(=O)OC)C1C2.CCN1C(=O)N2CC=C(c3scnc3C(=O)OC)C1C2.COC(=O)c1ncsc1Br.[CH2-]N1C(=O)N2CC=C(c3scnc3C(=O)OC)C1C2.[Na+]. The van der Waals surface area contributed by atoms with Gasteiger partial charge in [0.2, 0.25) is 0 Å². The fraction of sp³-hybridized carbons (Fsp3) is 0.346. The van der Waals surface area contributed by atoms with Crippen LogP contribution in [0.4, 0.5) is 19.2 Å². The molecule has 9 aliphatic rings. The third-order valence-corrected chi connectivity index (χ3v) is 29.0. The van der Waals surface area contributed by atoms with Crippen LogP contribution in [0.5, 0.6) is 0 Å². The third-order valence-electron chi connectivity index (χ3n) is 20.7. The van der Waals surface area contributed by atoms with Crippen molar-refractivity contribution in [3.63, 3.8) is 0 Å². The number of esters is 4. The number of thiazole rings is 4. The van der Waals surface area contributed by atoms with Crippen molar-refractivity contribution in [2.45, 2.75) is 83.8 Å². The minimum Gasteiger partial charge on any atom is -0.470 e. The number of likely N-dealkylation sites (N-methyl/N-ethyl adjacent to an activating group) is 1. The Morgan fingerprint density at radius 3 is 1.34 bits per heavy atom. The van der Waals surface area contributed by atoms with Crippen LogP contribution in [0.25, 0.3) is 16.7 Å². The van der Waals surface area contributed by atoms with Gasteiger partial charge in [-0.2, -0.15) is 10.1 Å².